The maximum absolute atomic E-state index is 7.23. The third-order valence-electron chi connectivity index (χ3n) is 14.4. The van der Waals surface area contributed by atoms with Crippen molar-refractivity contribution in [2.24, 2.45) is 0 Å². The predicted octanol–water partition coefficient (Wildman–Crippen LogP) is 19.6. The number of nitrogens with zero attached hydrogens (tertiary/aromatic N) is 2. The zero-order valence-corrected chi connectivity index (χ0v) is 38.7. The summed E-state index contributed by atoms with van der Waals surface area (Å²) in [6.45, 7) is 0. The topological polar surface area (TPSA) is 19.6 Å². The van der Waals surface area contributed by atoms with Gasteiger partial charge in [-0.2, -0.15) is 0 Å². The molecule has 71 heavy (non-hydrogen) atoms. The van der Waals surface area contributed by atoms with E-state index in [1.165, 1.54) is 54.4 Å². The summed E-state index contributed by atoms with van der Waals surface area (Å²) < 4.78 is 7.23. The molecule has 1 heterocycles. The first kappa shape index (κ1) is 40.6. The Kier molecular flexibility index (Phi) is 9.53. The fourth-order valence-electron chi connectivity index (χ4n) is 11.3. The summed E-state index contributed by atoms with van der Waals surface area (Å²) in [5.74, 6) is 0. The Morgan fingerprint density at radius 3 is 1.39 bits per heavy atom. The van der Waals surface area contributed by atoms with Gasteiger partial charge in [0.05, 0.1) is 17.1 Å². The lowest BCUT2D eigenvalue weighted by molar-refractivity contribution is 0.669. The number of hydrogen-bond acceptors (Lipinski definition) is 3. The van der Waals surface area contributed by atoms with Crippen molar-refractivity contribution in [2.75, 3.05) is 9.80 Å². The van der Waals surface area contributed by atoms with Crippen LogP contribution in [0.2, 0.25) is 0 Å². The molecule has 0 aliphatic heterocycles. The number of para-hydroxylation sites is 2. The molecule has 332 valence electrons. The summed E-state index contributed by atoms with van der Waals surface area (Å²) in [6, 6.07) is 96.7. The van der Waals surface area contributed by atoms with Crippen molar-refractivity contribution in [3.05, 3.63) is 267 Å². The van der Waals surface area contributed by atoms with Crippen molar-refractivity contribution in [3.8, 4) is 22.3 Å². The molecule has 0 saturated carbocycles. The molecule has 0 spiro atoms. The van der Waals surface area contributed by atoms with E-state index in [0.717, 1.165) is 77.8 Å². The number of rotatable bonds is 8. The number of benzene rings is 13. The molecular formula is C68H44N2O. The zero-order chi connectivity index (χ0) is 46.8. The lowest BCUT2D eigenvalue weighted by Crippen LogP contribution is -2.12. The largest absolute Gasteiger partial charge is 0.454 e. The van der Waals surface area contributed by atoms with E-state index in [1.54, 1.807) is 0 Å². The lowest BCUT2D eigenvalue weighted by atomic mass is 9.87. The summed E-state index contributed by atoms with van der Waals surface area (Å²) in [6.07, 6.45) is 0. The van der Waals surface area contributed by atoms with Crippen LogP contribution in [0.5, 0.6) is 0 Å². The monoisotopic (exact) mass is 904 g/mol. The van der Waals surface area contributed by atoms with Gasteiger partial charge < -0.3 is 14.2 Å². The second-order valence-corrected chi connectivity index (χ2v) is 18.3. The fourth-order valence-corrected chi connectivity index (χ4v) is 11.3. The highest BCUT2D eigenvalue weighted by atomic mass is 16.3. The standard InChI is InChI=1S/C68H44N2O/c1-4-20-45(21-5-1)46-36-39-51(40-37-46)70(62-44-48-23-11-13-29-53(48)66-65-52-28-12-10-22-47(52)38-43-63(65)71-68(62)66)67-59-34-18-16-32-56(59)64(57-33-17-19-35-60(57)67)58-41-42-61(55-31-15-14-30-54(55)58)69(49-24-6-2-7-25-49)50-26-8-3-9-27-50/h1-44H. The Morgan fingerprint density at radius 2 is 0.761 bits per heavy atom. The molecular weight excluding hydrogens is 861 g/mol. The van der Waals surface area contributed by atoms with Gasteiger partial charge in [0.15, 0.2) is 5.58 Å². The molecule has 0 N–H and O–H groups in total. The molecule has 0 saturated heterocycles. The Labute approximate surface area is 411 Å². The Bertz CT molecular complexity index is 4240. The van der Waals surface area contributed by atoms with Crippen LogP contribution in [-0.2, 0) is 0 Å². The summed E-state index contributed by atoms with van der Waals surface area (Å²) in [7, 11) is 0. The third-order valence-corrected chi connectivity index (χ3v) is 14.4. The molecule has 13 aromatic carbocycles. The van der Waals surface area contributed by atoms with Crippen LogP contribution in [0, 0.1) is 0 Å². The van der Waals surface area contributed by atoms with Crippen LogP contribution in [0.4, 0.5) is 34.1 Å². The number of hydrogen-bond donors (Lipinski definition) is 0. The van der Waals surface area contributed by atoms with Crippen molar-refractivity contribution in [2.45, 2.75) is 0 Å². The van der Waals surface area contributed by atoms with E-state index in [1.807, 2.05) is 0 Å². The third kappa shape index (κ3) is 6.59. The number of anilines is 6. The highest BCUT2D eigenvalue weighted by Crippen LogP contribution is 2.53. The minimum atomic E-state index is 0.849. The minimum Gasteiger partial charge on any atom is -0.454 e. The molecule has 0 radical (unpaired) electrons. The number of furan rings is 1. The van der Waals surface area contributed by atoms with Gasteiger partial charge in [-0.15, -0.1) is 0 Å². The van der Waals surface area contributed by atoms with Gasteiger partial charge in [-0.05, 0) is 115 Å². The quantitative estimate of drug-likeness (QED) is 0.142. The molecule has 3 nitrogen and oxygen atoms in total. The summed E-state index contributed by atoms with van der Waals surface area (Å²) in [5.41, 5.74) is 12.9. The van der Waals surface area contributed by atoms with Crippen molar-refractivity contribution in [1.29, 1.82) is 0 Å². The molecule has 3 heteroatoms. The minimum absolute atomic E-state index is 0.849. The second kappa shape index (κ2) is 16.7. The van der Waals surface area contributed by atoms with Crippen LogP contribution in [0.1, 0.15) is 0 Å². The van der Waals surface area contributed by atoms with E-state index in [9.17, 15) is 0 Å². The SMILES string of the molecule is c1ccc(-c2ccc(N(c3c4ccccc4c(-c4ccc(N(c5ccccc5)c5ccccc5)c5ccccc45)c4ccccc34)c3cc4ccccc4c4c3oc3ccc5ccccc5c34)cc2)cc1. The molecule has 0 aliphatic carbocycles. The highest BCUT2D eigenvalue weighted by Gasteiger charge is 2.28. The van der Waals surface area contributed by atoms with E-state index in [2.05, 4.69) is 277 Å². The van der Waals surface area contributed by atoms with Gasteiger partial charge in [-0.25, -0.2) is 0 Å². The first-order valence-electron chi connectivity index (χ1n) is 24.3. The first-order chi connectivity index (χ1) is 35.3. The Hall–Kier alpha value is -9.44. The first-order valence-corrected chi connectivity index (χ1v) is 24.3. The smallest absolute Gasteiger partial charge is 0.160 e. The Morgan fingerprint density at radius 1 is 0.282 bits per heavy atom. The fraction of sp³-hybridized carbons (Fsp3) is 0. The van der Waals surface area contributed by atoms with Crippen LogP contribution in [0.3, 0.4) is 0 Å². The van der Waals surface area contributed by atoms with Gasteiger partial charge >= 0.3 is 0 Å². The number of fused-ring (bicyclic) bond motifs is 10. The maximum atomic E-state index is 7.23. The lowest BCUT2D eigenvalue weighted by Gasteiger charge is -2.30. The van der Waals surface area contributed by atoms with Crippen molar-refractivity contribution >= 4 is 110 Å². The summed E-state index contributed by atoms with van der Waals surface area (Å²) in [5, 5.41) is 13.9. The van der Waals surface area contributed by atoms with E-state index in [-0.39, 0.29) is 0 Å². The van der Waals surface area contributed by atoms with Crippen LogP contribution >= 0.6 is 0 Å². The van der Waals surface area contributed by atoms with Crippen molar-refractivity contribution in [3.63, 3.8) is 0 Å². The average Bonchev–Trinajstić information content (AvgIpc) is 3.85. The van der Waals surface area contributed by atoms with Crippen molar-refractivity contribution < 1.29 is 4.42 Å². The molecule has 0 unspecified atom stereocenters. The molecule has 0 bridgehead atoms. The van der Waals surface area contributed by atoms with Crippen LogP contribution < -0.4 is 9.80 Å². The molecule has 1 aromatic heterocycles. The van der Waals surface area contributed by atoms with Gasteiger partial charge in [0.25, 0.3) is 0 Å². The molecule has 0 amide bonds. The second-order valence-electron chi connectivity index (χ2n) is 18.3. The maximum Gasteiger partial charge on any atom is 0.160 e. The van der Waals surface area contributed by atoms with Gasteiger partial charge in [0, 0.05) is 44.0 Å². The van der Waals surface area contributed by atoms with Gasteiger partial charge in [-0.3, -0.25) is 0 Å². The molecule has 0 fully saturated rings. The van der Waals surface area contributed by atoms with Gasteiger partial charge in [-0.1, -0.05) is 212 Å². The zero-order valence-electron chi connectivity index (χ0n) is 38.7. The van der Waals surface area contributed by atoms with E-state index < -0.39 is 0 Å². The molecule has 14 aromatic rings. The van der Waals surface area contributed by atoms with Gasteiger partial charge in [0.1, 0.15) is 5.58 Å². The molecule has 0 aliphatic rings. The van der Waals surface area contributed by atoms with Crippen LogP contribution in [-0.4, -0.2) is 0 Å². The highest BCUT2D eigenvalue weighted by molar-refractivity contribution is 6.31. The predicted molar refractivity (Wildman–Crippen MR) is 301 cm³/mol. The van der Waals surface area contributed by atoms with E-state index in [0.29, 0.717) is 0 Å². The normalized spacial score (nSPS) is 11.7. The summed E-state index contributed by atoms with van der Waals surface area (Å²) >= 11 is 0. The summed E-state index contributed by atoms with van der Waals surface area (Å²) in [4.78, 5) is 4.85. The van der Waals surface area contributed by atoms with Crippen LogP contribution in [0.25, 0.3) is 98.1 Å². The van der Waals surface area contributed by atoms with Crippen molar-refractivity contribution in [1.82, 2.24) is 0 Å². The van der Waals surface area contributed by atoms with Crippen LogP contribution in [0.15, 0.2) is 271 Å². The van der Waals surface area contributed by atoms with Gasteiger partial charge in [0.2, 0.25) is 0 Å². The Balaban J connectivity index is 1.07. The van der Waals surface area contributed by atoms with E-state index >= 15 is 0 Å². The molecule has 14 rings (SSSR count). The van der Waals surface area contributed by atoms with E-state index in [4.69, 9.17) is 4.42 Å². The molecule has 0 atom stereocenters. The average molecular weight is 905 g/mol.